The normalized spacial score (nSPS) is 28.9. The van der Waals surface area contributed by atoms with Crippen LogP contribution in [0.5, 0.6) is 0 Å². The lowest BCUT2D eigenvalue weighted by atomic mass is 9.80. The van der Waals surface area contributed by atoms with Gasteiger partial charge in [-0.25, -0.2) is 0 Å². The minimum Gasteiger partial charge on any atom is -0.343 e. The van der Waals surface area contributed by atoms with Crippen molar-refractivity contribution in [1.29, 1.82) is 0 Å². The van der Waals surface area contributed by atoms with Gasteiger partial charge in [-0.3, -0.25) is 4.79 Å². The van der Waals surface area contributed by atoms with E-state index < -0.39 is 0 Å². The molecule has 2 fully saturated rings. The summed E-state index contributed by atoms with van der Waals surface area (Å²) in [6.07, 6.45) is 13.3. The highest BCUT2D eigenvalue weighted by Crippen LogP contribution is 2.31. The Kier molecular flexibility index (Phi) is 6.34. The summed E-state index contributed by atoms with van der Waals surface area (Å²) in [6, 6.07) is 0.505. The number of hydrogen-bond donors (Lipinski definition) is 1. The van der Waals surface area contributed by atoms with E-state index in [9.17, 15) is 4.79 Å². The third-order valence-electron chi connectivity index (χ3n) is 5.53. The summed E-state index contributed by atoms with van der Waals surface area (Å²) in [5.74, 6) is 1.70. The molecule has 116 valence electrons. The Morgan fingerprint density at radius 2 is 1.50 bits per heavy atom. The van der Waals surface area contributed by atoms with Crippen molar-refractivity contribution in [2.75, 3.05) is 13.6 Å². The van der Waals surface area contributed by atoms with E-state index in [0.29, 0.717) is 23.8 Å². The summed E-state index contributed by atoms with van der Waals surface area (Å²) in [5, 5.41) is 0. The Labute approximate surface area is 124 Å². The molecule has 0 spiro atoms. The molecule has 0 atom stereocenters. The van der Waals surface area contributed by atoms with E-state index >= 15 is 0 Å². The van der Waals surface area contributed by atoms with Gasteiger partial charge >= 0.3 is 0 Å². The highest BCUT2D eigenvalue weighted by Gasteiger charge is 2.26. The minimum atomic E-state index is 0.382. The molecule has 0 aromatic carbocycles. The second kappa shape index (κ2) is 8.02. The van der Waals surface area contributed by atoms with Crippen LogP contribution in [0.15, 0.2) is 0 Å². The molecule has 2 aliphatic carbocycles. The zero-order valence-electron chi connectivity index (χ0n) is 13.2. The third kappa shape index (κ3) is 4.47. The van der Waals surface area contributed by atoms with Crippen LogP contribution in [0, 0.1) is 11.8 Å². The van der Waals surface area contributed by atoms with Crippen molar-refractivity contribution in [3.63, 3.8) is 0 Å². The van der Waals surface area contributed by atoms with E-state index in [2.05, 4.69) is 4.90 Å². The Morgan fingerprint density at radius 1 is 0.950 bits per heavy atom. The molecule has 1 amide bonds. The van der Waals surface area contributed by atoms with Gasteiger partial charge < -0.3 is 10.6 Å². The lowest BCUT2D eigenvalue weighted by molar-refractivity contribution is -0.133. The van der Waals surface area contributed by atoms with E-state index in [4.69, 9.17) is 5.73 Å². The van der Waals surface area contributed by atoms with Gasteiger partial charge in [-0.2, -0.15) is 0 Å². The van der Waals surface area contributed by atoms with Crippen LogP contribution in [0.2, 0.25) is 0 Å². The van der Waals surface area contributed by atoms with Crippen LogP contribution in [-0.2, 0) is 4.79 Å². The Morgan fingerprint density at radius 3 is 2.05 bits per heavy atom. The summed E-state index contributed by atoms with van der Waals surface area (Å²) < 4.78 is 0. The Bertz CT molecular complexity index is 289. The first-order valence-corrected chi connectivity index (χ1v) is 8.66. The van der Waals surface area contributed by atoms with Crippen LogP contribution in [-0.4, -0.2) is 30.4 Å². The fourth-order valence-corrected chi connectivity index (χ4v) is 3.91. The van der Waals surface area contributed by atoms with Crippen molar-refractivity contribution < 1.29 is 4.79 Å². The summed E-state index contributed by atoms with van der Waals surface area (Å²) >= 11 is 0. The largest absolute Gasteiger partial charge is 0.343 e. The molecule has 0 bridgehead atoms. The predicted molar refractivity (Wildman–Crippen MR) is 83.4 cm³/mol. The third-order valence-corrected chi connectivity index (χ3v) is 5.53. The van der Waals surface area contributed by atoms with Gasteiger partial charge in [-0.15, -0.1) is 0 Å². The lowest BCUT2D eigenvalue weighted by Crippen LogP contribution is -2.38. The lowest BCUT2D eigenvalue weighted by Gasteiger charge is -2.31. The van der Waals surface area contributed by atoms with Gasteiger partial charge in [0.1, 0.15) is 0 Å². The van der Waals surface area contributed by atoms with E-state index in [0.717, 1.165) is 13.0 Å². The number of nitrogens with zero attached hydrogens (tertiary/aromatic N) is 1. The SMILES string of the molecule is CN(C(=O)CC1CCC(CN)CC1)C1CCCCCC1. The van der Waals surface area contributed by atoms with Gasteiger partial charge in [0.2, 0.25) is 5.91 Å². The molecule has 0 aliphatic heterocycles. The quantitative estimate of drug-likeness (QED) is 0.803. The molecule has 2 saturated carbocycles. The van der Waals surface area contributed by atoms with E-state index in [1.54, 1.807) is 0 Å². The van der Waals surface area contributed by atoms with Gasteiger partial charge in [0, 0.05) is 19.5 Å². The van der Waals surface area contributed by atoms with Crippen molar-refractivity contribution in [2.45, 2.75) is 76.7 Å². The summed E-state index contributed by atoms with van der Waals surface area (Å²) in [7, 11) is 2.03. The van der Waals surface area contributed by atoms with Gasteiger partial charge in [0.15, 0.2) is 0 Å². The number of hydrogen-bond acceptors (Lipinski definition) is 2. The first kappa shape index (κ1) is 15.8. The molecule has 3 nitrogen and oxygen atoms in total. The van der Waals surface area contributed by atoms with Crippen molar-refractivity contribution in [3.05, 3.63) is 0 Å². The molecule has 3 heteroatoms. The van der Waals surface area contributed by atoms with Crippen LogP contribution in [0.4, 0.5) is 0 Å². The summed E-state index contributed by atoms with van der Waals surface area (Å²) in [5.41, 5.74) is 5.74. The van der Waals surface area contributed by atoms with Crippen molar-refractivity contribution in [3.8, 4) is 0 Å². The molecule has 0 radical (unpaired) electrons. The van der Waals surface area contributed by atoms with E-state index in [1.165, 1.54) is 64.2 Å². The number of carbonyl (C=O) groups is 1. The first-order chi connectivity index (χ1) is 9.70. The van der Waals surface area contributed by atoms with Crippen LogP contribution in [0.1, 0.15) is 70.6 Å². The molecular weight excluding hydrogens is 248 g/mol. The van der Waals surface area contributed by atoms with Crippen LogP contribution in [0.25, 0.3) is 0 Å². The average Bonchev–Trinajstić information content (AvgIpc) is 2.76. The number of amides is 1. The van der Waals surface area contributed by atoms with Gasteiger partial charge in [0.05, 0.1) is 0 Å². The smallest absolute Gasteiger partial charge is 0.222 e. The van der Waals surface area contributed by atoms with E-state index in [1.807, 2.05) is 7.05 Å². The molecular formula is C17H32N2O. The van der Waals surface area contributed by atoms with Crippen molar-refractivity contribution >= 4 is 5.91 Å². The standard InChI is InChI=1S/C17H32N2O/c1-19(16-6-4-2-3-5-7-16)17(20)12-14-8-10-15(13-18)11-9-14/h14-16H,2-13,18H2,1H3. The summed E-state index contributed by atoms with van der Waals surface area (Å²) in [6.45, 7) is 0.822. The van der Waals surface area contributed by atoms with Crippen molar-refractivity contribution in [1.82, 2.24) is 4.90 Å². The minimum absolute atomic E-state index is 0.382. The first-order valence-electron chi connectivity index (χ1n) is 8.66. The van der Waals surface area contributed by atoms with Crippen molar-refractivity contribution in [2.24, 2.45) is 17.6 Å². The second-order valence-electron chi connectivity index (χ2n) is 6.98. The molecule has 0 unspecified atom stereocenters. The number of nitrogens with two attached hydrogens (primary N) is 1. The van der Waals surface area contributed by atoms with Gasteiger partial charge in [-0.05, 0) is 56.9 Å². The average molecular weight is 280 g/mol. The maximum atomic E-state index is 12.5. The molecule has 2 aliphatic rings. The molecule has 2 rings (SSSR count). The van der Waals surface area contributed by atoms with E-state index in [-0.39, 0.29) is 0 Å². The molecule has 2 N–H and O–H groups in total. The van der Waals surface area contributed by atoms with Crippen LogP contribution < -0.4 is 5.73 Å². The topological polar surface area (TPSA) is 46.3 Å². The fourth-order valence-electron chi connectivity index (χ4n) is 3.91. The molecule has 0 heterocycles. The highest BCUT2D eigenvalue weighted by molar-refractivity contribution is 5.76. The molecule has 0 aromatic rings. The second-order valence-corrected chi connectivity index (χ2v) is 6.98. The zero-order valence-corrected chi connectivity index (χ0v) is 13.2. The highest BCUT2D eigenvalue weighted by atomic mass is 16.2. The van der Waals surface area contributed by atoms with Gasteiger partial charge in [-0.1, -0.05) is 25.7 Å². The predicted octanol–water partition coefficient (Wildman–Crippen LogP) is 3.32. The maximum Gasteiger partial charge on any atom is 0.222 e. The zero-order chi connectivity index (χ0) is 14.4. The van der Waals surface area contributed by atoms with Gasteiger partial charge in [0.25, 0.3) is 0 Å². The Hall–Kier alpha value is -0.570. The monoisotopic (exact) mass is 280 g/mol. The maximum absolute atomic E-state index is 12.5. The molecule has 0 aromatic heterocycles. The molecule has 20 heavy (non-hydrogen) atoms. The summed E-state index contributed by atoms with van der Waals surface area (Å²) in [4.78, 5) is 14.5. The number of rotatable bonds is 4. The molecule has 0 saturated heterocycles. The van der Waals surface area contributed by atoms with Crippen LogP contribution in [0.3, 0.4) is 0 Å². The number of carbonyl (C=O) groups excluding carboxylic acids is 1. The van der Waals surface area contributed by atoms with Crippen LogP contribution >= 0.6 is 0 Å². The fraction of sp³-hybridized carbons (Fsp3) is 0.941. The Balaban J connectivity index is 1.76.